The van der Waals surface area contributed by atoms with Crippen LogP contribution in [0.1, 0.15) is 64.1 Å². The molecule has 19 heavy (non-hydrogen) atoms. The summed E-state index contributed by atoms with van der Waals surface area (Å²) in [5.41, 5.74) is 3.15. The normalized spacial score (nSPS) is 23.3. The Hall–Kier alpha value is -0.830. The van der Waals surface area contributed by atoms with Crippen LogP contribution in [0.4, 0.5) is 0 Å². The summed E-state index contributed by atoms with van der Waals surface area (Å²) in [7, 11) is 2.01. The second-order valence-corrected chi connectivity index (χ2v) is 6.80. The first-order chi connectivity index (χ1) is 9.00. The SMILES string of the molecule is CCc1nn(C)cc1CNC1CCCC(C)(C)CC1. The molecule has 108 valence electrons. The van der Waals surface area contributed by atoms with E-state index in [0.29, 0.717) is 11.5 Å². The van der Waals surface area contributed by atoms with Crippen molar-refractivity contribution in [1.82, 2.24) is 15.1 Å². The lowest BCUT2D eigenvalue weighted by Gasteiger charge is -2.22. The molecule has 1 aliphatic rings. The number of rotatable bonds is 4. The van der Waals surface area contributed by atoms with Crippen LogP contribution >= 0.6 is 0 Å². The van der Waals surface area contributed by atoms with Gasteiger partial charge in [0.2, 0.25) is 0 Å². The standard InChI is InChI=1S/C16H29N3/c1-5-15-13(12-19(4)18-15)11-17-14-7-6-9-16(2,3)10-8-14/h12,14,17H,5-11H2,1-4H3. The average Bonchev–Trinajstić information content (AvgIpc) is 2.62. The summed E-state index contributed by atoms with van der Waals surface area (Å²) in [6.45, 7) is 7.97. The number of hydrogen-bond donors (Lipinski definition) is 1. The van der Waals surface area contributed by atoms with Gasteiger partial charge in [-0.05, 0) is 37.5 Å². The number of hydrogen-bond acceptors (Lipinski definition) is 2. The van der Waals surface area contributed by atoms with Gasteiger partial charge in [0.25, 0.3) is 0 Å². The van der Waals surface area contributed by atoms with Crippen molar-refractivity contribution < 1.29 is 0 Å². The maximum absolute atomic E-state index is 4.51. The fourth-order valence-electron chi connectivity index (χ4n) is 3.15. The monoisotopic (exact) mass is 263 g/mol. The summed E-state index contributed by atoms with van der Waals surface area (Å²) in [4.78, 5) is 0. The highest BCUT2D eigenvalue weighted by atomic mass is 15.3. The van der Waals surface area contributed by atoms with E-state index in [-0.39, 0.29) is 0 Å². The first-order valence-electron chi connectivity index (χ1n) is 7.75. The summed E-state index contributed by atoms with van der Waals surface area (Å²) in [5.74, 6) is 0. The highest BCUT2D eigenvalue weighted by Gasteiger charge is 2.24. The molecule has 3 heteroatoms. The van der Waals surface area contributed by atoms with E-state index >= 15 is 0 Å². The van der Waals surface area contributed by atoms with Gasteiger partial charge in [-0.15, -0.1) is 0 Å². The van der Waals surface area contributed by atoms with E-state index < -0.39 is 0 Å². The molecule has 0 radical (unpaired) electrons. The molecule has 0 saturated heterocycles. The molecular formula is C16H29N3. The van der Waals surface area contributed by atoms with Crippen molar-refractivity contribution >= 4 is 0 Å². The van der Waals surface area contributed by atoms with Gasteiger partial charge in [0, 0.05) is 31.4 Å². The van der Waals surface area contributed by atoms with E-state index in [0.717, 1.165) is 13.0 Å². The minimum absolute atomic E-state index is 0.541. The lowest BCUT2D eigenvalue weighted by molar-refractivity contribution is 0.309. The second kappa shape index (κ2) is 6.08. The van der Waals surface area contributed by atoms with E-state index in [2.05, 4.69) is 37.4 Å². The third-order valence-corrected chi connectivity index (χ3v) is 4.48. The number of aryl methyl sites for hydroxylation is 2. The van der Waals surface area contributed by atoms with Crippen molar-refractivity contribution in [2.24, 2.45) is 12.5 Å². The molecular weight excluding hydrogens is 234 g/mol. The van der Waals surface area contributed by atoms with Crippen LogP contribution in [0.5, 0.6) is 0 Å². The molecule has 1 saturated carbocycles. The number of nitrogens with zero attached hydrogens (tertiary/aromatic N) is 2. The van der Waals surface area contributed by atoms with Crippen LogP contribution in [0.2, 0.25) is 0 Å². The molecule has 1 heterocycles. The van der Waals surface area contributed by atoms with E-state index in [4.69, 9.17) is 0 Å². The van der Waals surface area contributed by atoms with Crippen LogP contribution in [-0.4, -0.2) is 15.8 Å². The predicted molar refractivity (Wildman–Crippen MR) is 80.1 cm³/mol. The summed E-state index contributed by atoms with van der Waals surface area (Å²) in [5, 5.41) is 8.26. The minimum Gasteiger partial charge on any atom is -0.310 e. The zero-order valence-corrected chi connectivity index (χ0v) is 13.0. The smallest absolute Gasteiger partial charge is 0.0666 e. The predicted octanol–water partition coefficient (Wildman–Crippen LogP) is 3.43. The summed E-state index contributed by atoms with van der Waals surface area (Å²) >= 11 is 0. The van der Waals surface area contributed by atoms with Crippen molar-refractivity contribution in [3.63, 3.8) is 0 Å². The van der Waals surface area contributed by atoms with Crippen LogP contribution in [0, 0.1) is 5.41 Å². The lowest BCUT2D eigenvalue weighted by Crippen LogP contribution is -2.28. The minimum atomic E-state index is 0.541. The van der Waals surface area contributed by atoms with Crippen LogP contribution in [0.25, 0.3) is 0 Å². The van der Waals surface area contributed by atoms with Crippen molar-refractivity contribution in [3.8, 4) is 0 Å². The molecule has 0 spiro atoms. The molecule has 1 unspecified atom stereocenters. The lowest BCUT2D eigenvalue weighted by atomic mass is 9.85. The fraction of sp³-hybridized carbons (Fsp3) is 0.812. The van der Waals surface area contributed by atoms with Crippen molar-refractivity contribution in [2.45, 2.75) is 71.9 Å². The molecule has 1 atom stereocenters. The topological polar surface area (TPSA) is 29.9 Å². The molecule has 1 aromatic heterocycles. The first-order valence-corrected chi connectivity index (χ1v) is 7.75. The Bertz CT molecular complexity index is 406. The Morgan fingerprint density at radius 1 is 1.37 bits per heavy atom. The van der Waals surface area contributed by atoms with E-state index in [1.54, 1.807) is 0 Å². The first kappa shape index (κ1) is 14.6. The Morgan fingerprint density at radius 3 is 2.89 bits per heavy atom. The van der Waals surface area contributed by atoms with Crippen molar-refractivity contribution in [2.75, 3.05) is 0 Å². The van der Waals surface area contributed by atoms with E-state index in [9.17, 15) is 0 Å². The van der Waals surface area contributed by atoms with E-state index in [1.165, 1.54) is 43.4 Å². The molecule has 1 aliphatic carbocycles. The van der Waals surface area contributed by atoms with Crippen LogP contribution in [0.3, 0.4) is 0 Å². The molecule has 2 rings (SSSR count). The Labute approximate surface area is 117 Å². The van der Waals surface area contributed by atoms with Gasteiger partial charge >= 0.3 is 0 Å². The van der Waals surface area contributed by atoms with Crippen molar-refractivity contribution in [3.05, 3.63) is 17.5 Å². The summed E-state index contributed by atoms with van der Waals surface area (Å²) in [6.07, 6.45) is 9.90. The van der Waals surface area contributed by atoms with Gasteiger partial charge < -0.3 is 5.32 Å². The van der Waals surface area contributed by atoms with Crippen LogP contribution < -0.4 is 5.32 Å². The zero-order valence-electron chi connectivity index (χ0n) is 13.0. The average molecular weight is 263 g/mol. The Balaban J connectivity index is 1.88. The van der Waals surface area contributed by atoms with Gasteiger partial charge in [0.1, 0.15) is 0 Å². The molecule has 0 amide bonds. The van der Waals surface area contributed by atoms with Gasteiger partial charge in [-0.1, -0.05) is 27.2 Å². The molecule has 1 N–H and O–H groups in total. The number of aromatic nitrogens is 2. The molecule has 3 nitrogen and oxygen atoms in total. The maximum atomic E-state index is 4.51. The van der Waals surface area contributed by atoms with E-state index in [1.807, 2.05) is 11.7 Å². The van der Waals surface area contributed by atoms with Gasteiger partial charge in [0.15, 0.2) is 0 Å². The highest BCUT2D eigenvalue weighted by Crippen LogP contribution is 2.33. The quantitative estimate of drug-likeness (QED) is 0.843. The largest absolute Gasteiger partial charge is 0.310 e. The molecule has 0 bridgehead atoms. The molecule has 1 aromatic rings. The third-order valence-electron chi connectivity index (χ3n) is 4.48. The summed E-state index contributed by atoms with van der Waals surface area (Å²) < 4.78 is 1.94. The van der Waals surface area contributed by atoms with Gasteiger partial charge in [-0.2, -0.15) is 5.10 Å². The summed E-state index contributed by atoms with van der Waals surface area (Å²) in [6, 6.07) is 0.687. The molecule has 0 aromatic carbocycles. The maximum Gasteiger partial charge on any atom is 0.0666 e. The Morgan fingerprint density at radius 2 is 2.16 bits per heavy atom. The second-order valence-electron chi connectivity index (χ2n) is 6.80. The van der Waals surface area contributed by atoms with Crippen LogP contribution in [0.15, 0.2) is 6.20 Å². The molecule has 1 fully saturated rings. The number of nitrogens with one attached hydrogen (secondary N) is 1. The van der Waals surface area contributed by atoms with Gasteiger partial charge in [0.05, 0.1) is 5.69 Å². The van der Waals surface area contributed by atoms with Gasteiger partial charge in [-0.3, -0.25) is 4.68 Å². The third kappa shape index (κ3) is 4.07. The molecule has 0 aliphatic heterocycles. The zero-order chi connectivity index (χ0) is 13.9. The van der Waals surface area contributed by atoms with Crippen molar-refractivity contribution in [1.29, 1.82) is 0 Å². The van der Waals surface area contributed by atoms with Crippen LogP contribution in [-0.2, 0) is 20.0 Å². The fourth-order valence-corrected chi connectivity index (χ4v) is 3.15. The highest BCUT2D eigenvalue weighted by molar-refractivity contribution is 5.16. The van der Waals surface area contributed by atoms with Gasteiger partial charge in [-0.25, -0.2) is 0 Å². The Kier molecular flexibility index (Phi) is 4.67.